The third kappa shape index (κ3) is 8.04. The number of halogens is 1. The van der Waals surface area contributed by atoms with Gasteiger partial charge in [0.2, 0.25) is 0 Å². The van der Waals surface area contributed by atoms with Gasteiger partial charge in [0, 0.05) is 43.2 Å². The van der Waals surface area contributed by atoms with E-state index in [2.05, 4.69) is 66.5 Å². The quantitative estimate of drug-likeness (QED) is 0.318. The Morgan fingerprint density at radius 1 is 1.30 bits per heavy atom. The Kier molecular flexibility index (Phi) is 10.7. The van der Waals surface area contributed by atoms with Crippen LogP contribution in [-0.4, -0.2) is 30.6 Å². The van der Waals surface area contributed by atoms with Crippen molar-refractivity contribution in [3.8, 4) is 5.75 Å². The van der Waals surface area contributed by atoms with Gasteiger partial charge in [0.05, 0.1) is 11.1 Å². The molecule has 0 saturated carbocycles. The number of aliphatic imine (C=N–C) groups is 1. The van der Waals surface area contributed by atoms with Crippen molar-refractivity contribution in [2.75, 3.05) is 13.6 Å². The van der Waals surface area contributed by atoms with Gasteiger partial charge in [-0.3, -0.25) is 4.99 Å². The molecule has 1 aromatic carbocycles. The van der Waals surface area contributed by atoms with Crippen LogP contribution < -0.4 is 15.4 Å². The molecular weight excluding hydrogens is 471 g/mol. The van der Waals surface area contributed by atoms with Gasteiger partial charge in [0.15, 0.2) is 5.96 Å². The van der Waals surface area contributed by atoms with E-state index in [-0.39, 0.29) is 30.1 Å². The standard InChI is InChI=1S/C20H30N4OS.HI/c1-6-15(3)25-18-11-14(2)7-8-17(18)13-24-20(21-5)22-10-9-19-23-12-16(4)26-19;/h7-8,11-12,15H,6,9-10,13H2,1-5H3,(H2,21,22,24);1H. The van der Waals surface area contributed by atoms with Gasteiger partial charge < -0.3 is 15.4 Å². The number of ether oxygens (including phenoxy) is 1. The van der Waals surface area contributed by atoms with Crippen LogP contribution in [-0.2, 0) is 13.0 Å². The SMILES string of the molecule is CCC(C)Oc1cc(C)ccc1CNC(=NC)NCCc1ncc(C)s1.I. The second-order valence-electron chi connectivity index (χ2n) is 6.42. The van der Waals surface area contributed by atoms with Gasteiger partial charge in [-0.1, -0.05) is 19.1 Å². The van der Waals surface area contributed by atoms with E-state index < -0.39 is 0 Å². The lowest BCUT2D eigenvalue weighted by Gasteiger charge is -2.18. The summed E-state index contributed by atoms with van der Waals surface area (Å²) in [4.78, 5) is 9.94. The van der Waals surface area contributed by atoms with Gasteiger partial charge in [-0.15, -0.1) is 35.3 Å². The summed E-state index contributed by atoms with van der Waals surface area (Å²) in [5.74, 6) is 1.73. The van der Waals surface area contributed by atoms with Crippen LogP contribution in [0.3, 0.4) is 0 Å². The van der Waals surface area contributed by atoms with Crippen LogP contribution in [0.25, 0.3) is 0 Å². The fraction of sp³-hybridized carbons (Fsp3) is 0.500. The summed E-state index contributed by atoms with van der Waals surface area (Å²) in [5, 5.41) is 7.86. The minimum absolute atomic E-state index is 0. The Balaban J connectivity index is 0.00000364. The number of rotatable bonds is 8. The van der Waals surface area contributed by atoms with Crippen molar-refractivity contribution in [3.63, 3.8) is 0 Å². The number of guanidine groups is 1. The second kappa shape index (κ2) is 12.2. The Morgan fingerprint density at radius 3 is 2.70 bits per heavy atom. The third-order valence-electron chi connectivity index (χ3n) is 4.10. The first-order valence-electron chi connectivity index (χ1n) is 9.13. The molecule has 0 radical (unpaired) electrons. The molecule has 0 bridgehead atoms. The van der Waals surface area contributed by atoms with Crippen molar-refractivity contribution < 1.29 is 4.74 Å². The summed E-state index contributed by atoms with van der Waals surface area (Å²) in [7, 11) is 1.79. The van der Waals surface area contributed by atoms with E-state index in [1.54, 1.807) is 18.4 Å². The lowest BCUT2D eigenvalue weighted by atomic mass is 10.1. The van der Waals surface area contributed by atoms with Crippen molar-refractivity contribution >= 4 is 41.3 Å². The van der Waals surface area contributed by atoms with Gasteiger partial charge in [0.25, 0.3) is 0 Å². The molecule has 0 aliphatic heterocycles. The molecule has 2 aromatic rings. The van der Waals surface area contributed by atoms with E-state index in [1.165, 1.54) is 10.4 Å². The third-order valence-corrected chi connectivity index (χ3v) is 5.07. The largest absolute Gasteiger partial charge is 0.490 e. The number of thiazole rings is 1. The highest BCUT2D eigenvalue weighted by Crippen LogP contribution is 2.22. The van der Waals surface area contributed by atoms with Gasteiger partial charge in [0.1, 0.15) is 5.75 Å². The molecule has 7 heteroatoms. The summed E-state index contributed by atoms with van der Waals surface area (Å²) in [6.45, 7) is 9.87. The predicted molar refractivity (Wildman–Crippen MR) is 126 cm³/mol. The summed E-state index contributed by atoms with van der Waals surface area (Å²) >= 11 is 1.74. The molecule has 0 fully saturated rings. The van der Waals surface area contributed by atoms with Gasteiger partial charge in [-0.25, -0.2) is 4.98 Å². The molecule has 0 aliphatic rings. The number of nitrogens with one attached hydrogen (secondary N) is 2. The van der Waals surface area contributed by atoms with Gasteiger partial charge in [-0.05, 0) is 38.8 Å². The average Bonchev–Trinajstić information content (AvgIpc) is 3.04. The highest BCUT2D eigenvalue weighted by molar-refractivity contribution is 14.0. The smallest absolute Gasteiger partial charge is 0.191 e. The van der Waals surface area contributed by atoms with Crippen LogP contribution in [0.5, 0.6) is 5.75 Å². The molecular formula is C20H31IN4OS. The van der Waals surface area contributed by atoms with Gasteiger partial charge in [-0.2, -0.15) is 0 Å². The van der Waals surface area contributed by atoms with Crippen LogP contribution in [0.15, 0.2) is 29.4 Å². The minimum atomic E-state index is 0. The Morgan fingerprint density at radius 2 is 2.07 bits per heavy atom. The van der Waals surface area contributed by atoms with E-state index in [0.717, 1.165) is 41.7 Å². The number of hydrogen-bond acceptors (Lipinski definition) is 4. The predicted octanol–water partition coefficient (Wildman–Crippen LogP) is 4.46. The van der Waals surface area contributed by atoms with E-state index in [1.807, 2.05) is 6.20 Å². The van der Waals surface area contributed by atoms with Crippen LogP contribution >= 0.6 is 35.3 Å². The fourth-order valence-electron chi connectivity index (χ4n) is 2.42. The van der Waals surface area contributed by atoms with E-state index in [0.29, 0.717) is 6.54 Å². The lowest BCUT2D eigenvalue weighted by molar-refractivity contribution is 0.215. The van der Waals surface area contributed by atoms with Crippen LogP contribution in [0.2, 0.25) is 0 Å². The maximum Gasteiger partial charge on any atom is 0.191 e. The Hall–Kier alpha value is -1.35. The van der Waals surface area contributed by atoms with E-state index in [4.69, 9.17) is 4.74 Å². The normalized spacial score (nSPS) is 12.3. The zero-order chi connectivity index (χ0) is 18.9. The van der Waals surface area contributed by atoms with E-state index in [9.17, 15) is 0 Å². The molecule has 27 heavy (non-hydrogen) atoms. The molecule has 2 N–H and O–H groups in total. The van der Waals surface area contributed by atoms with Crippen molar-refractivity contribution in [3.05, 3.63) is 45.4 Å². The number of hydrogen-bond donors (Lipinski definition) is 2. The molecule has 1 heterocycles. The van der Waals surface area contributed by atoms with Crippen molar-refractivity contribution in [2.45, 2.75) is 53.2 Å². The number of benzene rings is 1. The molecule has 1 unspecified atom stereocenters. The zero-order valence-corrected chi connectivity index (χ0v) is 20.0. The summed E-state index contributed by atoms with van der Waals surface area (Å²) in [5.41, 5.74) is 2.34. The molecule has 0 aliphatic carbocycles. The molecule has 2 rings (SSSR count). The van der Waals surface area contributed by atoms with E-state index >= 15 is 0 Å². The number of aromatic nitrogens is 1. The minimum Gasteiger partial charge on any atom is -0.490 e. The molecule has 5 nitrogen and oxygen atoms in total. The number of nitrogens with zero attached hydrogens (tertiary/aromatic N) is 2. The highest BCUT2D eigenvalue weighted by Gasteiger charge is 2.09. The number of aryl methyl sites for hydroxylation is 2. The Bertz CT molecular complexity index is 733. The second-order valence-corrected chi connectivity index (χ2v) is 7.73. The molecule has 0 spiro atoms. The monoisotopic (exact) mass is 502 g/mol. The maximum absolute atomic E-state index is 6.08. The maximum atomic E-state index is 6.08. The highest BCUT2D eigenvalue weighted by atomic mass is 127. The fourth-order valence-corrected chi connectivity index (χ4v) is 3.21. The first-order valence-corrected chi connectivity index (χ1v) is 9.95. The summed E-state index contributed by atoms with van der Waals surface area (Å²) < 4.78 is 6.08. The lowest BCUT2D eigenvalue weighted by Crippen LogP contribution is -2.38. The first-order chi connectivity index (χ1) is 12.5. The topological polar surface area (TPSA) is 58.5 Å². The van der Waals surface area contributed by atoms with Crippen molar-refractivity contribution in [1.82, 2.24) is 15.6 Å². The summed E-state index contributed by atoms with van der Waals surface area (Å²) in [6.07, 6.45) is 4.00. The van der Waals surface area contributed by atoms with Gasteiger partial charge >= 0.3 is 0 Å². The molecule has 0 saturated heterocycles. The first kappa shape index (κ1) is 23.7. The van der Waals surface area contributed by atoms with Crippen molar-refractivity contribution in [1.29, 1.82) is 0 Å². The van der Waals surface area contributed by atoms with Crippen molar-refractivity contribution in [2.24, 2.45) is 4.99 Å². The molecule has 1 aromatic heterocycles. The zero-order valence-electron chi connectivity index (χ0n) is 16.8. The molecule has 1 atom stereocenters. The van der Waals surface area contributed by atoms with Crippen LogP contribution in [0.1, 0.15) is 41.3 Å². The summed E-state index contributed by atoms with van der Waals surface area (Å²) in [6, 6.07) is 6.33. The van der Waals surface area contributed by atoms with Crippen LogP contribution in [0.4, 0.5) is 0 Å². The molecule has 0 amide bonds. The average molecular weight is 502 g/mol. The van der Waals surface area contributed by atoms with Crippen LogP contribution in [0, 0.1) is 13.8 Å². The Labute approximate surface area is 184 Å². The molecule has 150 valence electrons.